The van der Waals surface area contributed by atoms with Crippen LogP contribution in [-0.2, 0) is 0 Å². The first-order valence-corrected chi connectivity index (χ1v) is 9.53. The Morgan fingerprint density at radius 2 is 1.59 bits per heavy atom. The summed E-state index contributed by atoms with van der Waals surface area (Å²) in [6.45, 7) is 0. The normalized spacial score (nSPS) is 10.1. The van der Waals surface area contributed by atoms with Crippen molar-refractivity contribution in [1.29, 1.82) is 0 Å². The summed E-state index contributed by atoms with van der Waals surface area (Å²) in [7, 11) is 0. The summed E-state index contributed by atoms with van der Waals surface area (Å²) in [5.41, 5.74) is 1.30. The molecule has 1 amide bonds. The van der Waals surface area contributed by atoms with Crippen molar-refractivity contribution in [2.75, 3.05) is 5.32 Å². The van der Waals surface area contributed by atoms with Crippen LogP contribution in [0.1, 0.15) is 20.7 Å². The zero-order chi connectivity index (χ0) is 20.8. The Labute approximate surface area is 182 Å². The smallest absolute Gasteiger partial charge is 0.343 e. The van der Waals surface area contributed by atoms with E-state index in [2.05, 4.69) is 10.6 Å². The number of ether oxygens (including phenoxy) is 1. The molecule has 0 aliphatic carbocycles. The van der Waals surface area contributed by atoms with E-state index < -0.39 is 11.9 Å². The highest BCUT2D eigenvalue weighted by atomic mass is 35.5. The summed E-state index contributed by atoms with van der Waals surface area (Å²) in [5.74, 6) is -0.576. The van der Waals surface area contributed by atoms with Gasteiger partial charge >= 0.3 is 5.97 Å². The Morgan fingerprint density at radius 3 is 2.31 bits per heavy atom. The van der Waals surface area contributed by atoms with Gasteiger partial charge in [0.05, 0.1) is 15.6 Å². The van der Waals surface area contributed by atoms with E-state index in [-0.39, 0.29) is 10.1 Å². The fraction of sp³-hybridized carbons (Fsp3) is 0. The van der Waals surface area contributed by atoms with Gasteiger partial charge in [0.1, 0.15) is 5.75 Å². The summed E-state index contributed by atoms with van der Waals surface area (Å²) < 4.78 is 5.36. The van der Waals surface area contributed by atoms with E-state index in [9.17, 15) is 9.59 Å². The van der Waals surface area contributed by atoms with Crippen molar-refractivity contribution >= 4 is 58.1 Å². The summed E-state index contributed by atoms with van der Waals surface area (Å²) in [6, 6.07) is 19.8. The van der Waals surface area contributed by atoms with Gasteiger partial charge < -0.3 is 10.1 Å². The zero-order valence-corrected chi connectivity index (χ0v) is 17.1. The van der Waals surface area contributed by atoms with E-state index in [0.29, 0.717) is 27.6 Å². The molecule has 29 heavy (non-hydrogen) atoms. The number of esters is 1. The van der Waals surface area contributed by atoms with E-state index in [1.165, 1.54) is 18.2 Å². The molecule has 146 valence electrons. The molecule has 0 saturated carbocycles. The molecular weight excluding hydrogens is 431 g/mol. The third-order valence-corrected chi connectivity index (χ3v) is 4.66. The molecule has 0 aliphatic heterocycles. The maximum Gasteiger partial charge on any atom is 0.343 e. The van der Waals surface area contributed by atoms with Crippen LogP contribution in [0, 0.1) is 0 Å². The quantitative estimate of drug-likeness (QED) is 0.323. The standard InChI is InChI=1S/C21H14Cl2N2O3S/c22-17-10-9-14(11-18(17)23)19(26)25-21(29)24-15-7-4-8-16(12-15)28-20(27)13-5-2-1-3-6-13/h1-12H,(H2,24,25,26,29). The molecular formula is C21H14Cl2N2O3S. The predicted octanol–water partition coefficient (Wildman–Crippen LogP) is 5.34. The lowest BCUT2D eigenvalue weighted by Gasteiger charge is -2.11. The molecule has 0 bridgehead atoms. The predicted molar refractivity (Wildman–Crippen MR) is 118 cm³/mol. The second kappa shape index (κ2) is 9.52. The van der Waals surface area contributed by atoms with Crippen LogP contribution in [0.4, 0.5) is 5.69 Å². The molecule has 0 fully saturated rings. The Balaban J connectivity index is 1.62. The van der Waals surface area contributed by atoms with Crippen LogP contribution in [0.5, 0.6) is 5.75 Å². The molecule has 0 saturated heterocycles. The molecule has 0 aliphatic rings. The van der Waals surface area contributed by atoms with Crippen LogP contribution >= 0.6 is 35.4 Å². The van der Waals surface area contributed by atoms with Crippen molar-refractivity contribution in [3.05, 3.63) is 94.0 Å². The maximum absolute atomic E-state index is 12.3. The van der Waals surface area contributed by atoms with Crippen LogP contribution in [0.15, 0.2) is 72.8 Å². The summed E-state index contributed by atoms with van der Waals surface area (Å²) in [6.07, 6.45) is 0. The summed E-state index contributed by atoms with van der Waals surface area (Å²) in [4.78, 5) is 24.4. The first-order chi connectivity index (χ1) is 13.9. The molecule has 0 atom stereocenters. The van der Waals surface area contributed by atoms with Gasteiger partial charge in [-0.2, -0.15) is 0 Å². The molecule has 3 rings (SSSR count). The lowest BCUT2D eigenvalue weighted by molar-refractivity contribution is 0.0734. The largest absolute Gasteiger partial charge is 0.423 e. The number of amides is 1. The van der Waals surface area contributed by atoms with Crippen LogP contribution < -0.4 is 15.4 Å². The number of hydrogen-bond acceptors (Lipinski definition) is 4. The number of thiocarbonyl (C=S) groups is 1. The van der Waals surface area contributed by atoms with Crippen molar-refractivity contribution in [2.24, 2.45) is 0 Å². The minimum Gasteiger partial charge on any atom is -0.423 e. The topological polar surface area (TPSA) is 67.4 Å². The van der Waals surface area contributed by atoms with Crippen molar-refractivity contribution < 1.29 is 14.3 Å². The monoisotopic (exact) mass is 444 g/mol. The third kappa shape index (κ3) is 5.77. The first kappa shape index (κ1) is 20.8. The van der Waals surface area contributed by atoms with Gasteiger partial charge in [0.25, 0.3) is 5.91 Å². The number of nitrogens with one attached hydrogen (secondary N) is 2. The van der Waals surface area contributed by atoms with Gasteiger partial charge in [-0.25, -0.2) is 4.79 Å². The van der Waals surface area contributed by atoms with Gasteiger partial charge in [-0.1, -0.05) is 47.5 Å². The Kier molecular flexibility index (Phi) is 6.82. The average Bonchev–Trinajstić information content (AvgIpc) is 2.70. The molecule has 0 unspecified atom stereocenters. The van der Waals surface area contributed by atoms with Crippen LogP contribution in [0.3, 0.4) is 0 Å². The van der Waals surface area contributed by atoms with Gasteiger partial charge in [0.2, 0.25) is 0 Å². The second-order valence-electron chi connectivity index (χ2n) is 5.82. The lowest BCUT2D eigenvalue weighted by Crippen LogP contribution is -2.34. The van der Waals surface area contributed by atoms with E-state index in [1.54, 1.807) is 48.5 Å². The SMILES string of the molecule is O=C(NC(=S)Nc1cccc(OC(=O)c2ccccc2)c1)c1ccc(Cl)c(Cl)c1. The Morgan fingerprint density at radius 1 is 0.828 bits per heavy atom. The van der Waals surface area contributed by atoms with Gasteiger partial charge in [0.15, 0.2) is 5.11 Å². The van der Waals surface area contributed by atoms with Crippen molar-refractivity contribution in [2.45, 2.75) is 0 Å². The number of halogens is 2. The number of hydrogen-bond donors (Lipinski definition) is 2. The van der Waals surface area contributed by atoms with Gasteiger partial charge in [-0.15, -0.1) is 0 Å². The Bertz CT molecular complexity index is 1070. The number of benzene rings is 3. The van der Waals surface area contributed by atoms with Crippen molar-refractivity contribution in [3.63, 3.8) is 0 Å². The van der Waals surface area contributed by atoms with Crippen LogP contribution in [-0.4, -0.2) is 17.0 Å². The highest BCUT2D eigenvalue weighted by Crippen LogP contribution is 2.22. The fourth-order valence-corrected chi connectivity index (χ4v) is 2.86. The summed E-state index contributed by atoms with van der Waals surface area (Å²) in [5, 5.41) is 6.12. The molecule has 3 aromatic carbocycles. The zero-order valence-electron chi connectivity index (χ0n) is 14.8. The molecule has 2 N–H and O–H groups in total. The second-order valence-corrected chi connectivity index (χ2v) is 7.04. The minimum atomic E-state index is -0.474. The molecule has 0 aromatic heterocycles. The minimum absolute atomic E-state index is 0.0765. The number of rotatable bonds is 4. The van der Waals surface area contributed by atoms with Gasteiger partial charge in [-0.3, -0.25) is 10.1 Å². The lowest BCUT2D eigenvalue weighted by atomic mass is 10.2. The van der Waals surface area contributed by atoms with Crippen LogP contribution in [0.2, 0.25) is 10.0 Å². The van der Waals surface area contributed by atoms with E-state index >= 15 is 0 Å². The maximum atomic E-state index is 12.3. The Hall–Kier alpha value is -2.93. The molecule has 5 nitrogen and oxygen atoms in total. The van der Waals surface area contributed by atoms with Crippen molar-refractivity contribution in [1.82, 2.24) is 5.32 Å². The van der Waals surface area contributed by atoms with E-state index in [1.807, 2.05) is 6.07 Å². The van der Waals surface area contributed by atoms with E-state index in [0.717, 1.165) is 0 Å². The van der Waals surface area contributed by atoms with Gasteiger partial charge in [-0.05, 0) is 54.7 Å². The average molecular weight is 445 g/mol. The molecule has 0 spiro atoms. The van der Waals surface area contributed by atoms with Gasteiger partial charge in [0, 0.05) is 17.3 Å². The molecule has 0 radical (unpaired) electrons. The third-order valence-electron chi connectivity index (χ3n) is 3.72. The summed E-state index contributed by atoms with van der Waals surface area (Å²) >= 11 is 16.9. The fourth-order valence-electron chi connectivity index (χ4n) is 2.35. The first-order valence-electron chi connectivity index (χ1n) is 8.37. The highest BCUT2D eigenvalue weighted by Gasteiger charge is 2.11. The number of carbonyl (C=O) groups is 2. The highest BCUT2D eigenvalue weighted by molar-refractivity contribution is 7.80. The van der Waals surface area contributed by atoms with Crippen LogP contribution in [0.25, 0.3) is 0 Å². The molecule has 3 aromatic rings. The molecule has 0 heterocycles. The number of anilines is 1. The van der Waals surface area contributed by atoms with E-state index in [4.69, 9.17) is 40.2 Å². The number of carbonyl (C=O) groups excluding carboxylic acids is 2. The van der Waals surface area contributed by atoms with Crippen molar-refractivity contribution in [3.8, 4) is 5.75 Å². The molecule has 8 heteroatoms.